The van der Waals surface area contributed by atoms with Crippen molar-refractivity contribution in [3.8, 4) is 11.1 Å². The van der Waals surface area contributed by atoms with Gasteiger partial charge in [-0.15, -0.1) is 0 Å². The second-order valence-electron chi connectivity index (χ2n) is 7.47. The molecule has 2 aromatic heterocycles. The molecule has 2 heterocycles. The lowest BCUT2D eigenvalue weighted by Crippen LogP contribution is -2.42. The molecule has 0 aliphatic rings. The number of nitrogens with two attached hydrogens (primary N) is 1. The van der Waals surface area contributed by atoms with Gasteiger partial charge in [-0.1, -0.05) is 37.6 Å². The first-order valence-electron chi connectivity index (χ1n) is 9.76. The highest BCUT2D eigenvalue weighted by molar-refractivity contribution is 6.30. The van der Waals surface area contributed by atoms with Crippen molar-refractivity contribution in [3.05, 3.63) is 53.6 Å². The van der Waals surface area contributed by atoms with E-state index in [2.05, 4.69) is 9.97 Å². The third kappa shape index (κ3) is 6.52. The molecule has 0 bridgehead atoms. The van der Waals surface area contributed by atoms with E-state index in [-0.39, 0.29) is 18.3 Å². The second-order valence-corrected chi connectivity index (χ2v) is 7.91. The Labute approximate surface area is 180 Å². The quantitative estimate of drug-likeness (QED) is 0.549. The number of fused-ring (bicyclic) bond motifs is 1. The van der Waals surface area contributed by atoms with Crippen LogP contribution < -0.4 is 5.73 Å². The number of benzene rings is 1. The molecular formula is C22H28ClFN4O2. The molecule has 0 spiro atoms. The summed E-state index contributed by atoms with van der Waals surface area (Å²) < 4.78 is 13.7. The number of pyridine rings is 1. The molecule has 3 aromatic rings. The maximum atomic E-state index is 13.7. The van der Waals surface area contributed by atoms with Crippen LogP contribution in [0, 0.1) is 11.7 Å². The number of amides is 1. The first kappa shape index (κ1) is 23.8. The van der Waals surface area contributed by atoms with Crippen LogP contribution in [-0.2, 0) is 4.79 Å². The Balaban J connectivity index is 0.000000224. The van der Waals surface area contributed by atoms with E-state index in [0.29, 0.717) is 35.1 Å². The summed E-state index contributed by atoms with van der Waals surface area (Å²) in [5, 5.41) is 10.3. The van der Waals surface area contributed by atoms with Crippen molar-refractivity contribution in [2.75, 3.05) is 19.6 Å². The molecule has 8 heteroatoms. The van der Waals surface area contributed by atoms with Gasteiger partial charge in [-0.05, 0) is 42.2 Å². The Morgan fingerprint density at radius 2 is 2.03 bits per heavy atom. The van der Waals surface area contributed by atoms with Crippen LogP contribution in [-0.4, -0.2) is 51.6 Å². The van der Waals surface area contributed by atoms with Gasteiger partial charge in [-0.25, -0.2) is 9.37 Å². The normalized spacial score (nSPS) is 11.9. The fraction of sp³-hybridized carbons (Fsp3) is 0.364. The zero-order valence-corrected chi connectivity index (χ0v) is 18.2. The zero-order valence-electron chi connectivity index (χ0n) is 17.4. The van der Waals surface area contributed by atoms with Crippen LogP contribution in [0.2, 0.25) is 5.02 Å². The van der Waals surface area contributed by atoms with Gasteiger partial charge in [-0.2, -0.15) is 0 Å². The van der Waals surface area contributed by atoms with Crippen molar-refractivity contribution < 1.29 is 14.3 Å². The average molecular weight is 435 g/mol. The predicted octanol–water partition coefficient (Wildman–Crippen LogP) is 3.83. The molecule has 1 atom stereocenters. The number of hydrogen-bond donors (Lipinski definition) is 3. The number of nitrogens with one attached hydrogen (secondary N) is 1. The number of aromatic amines is 1. The minimum absolute atomic E-state index is 0.0133. The van der Waals surface area contributed by atoms with Crippen LogP contribution in [0.1, 0.15) is 20.8 Å². The number of H-pyrrole nitrogens is 1. The molecule has 0 fully saturated rings. The van der Waals surface area contributed by atoms with Crippen molar-refractivity contribution >= 4 is 28.5 Å². The molecule has 3 rings (SSSR count). The lowest BCUT2D eigenvalue weighted by atomic mass is 10.0. The number of aromatic nitrogens is 2. The maximum Gasteiger partial charge on any atom is 0.236 e. The number of nitrogens with zero attached hydrogens (tertiary/aromatic N) is 2. The van der Waals surface area contributed by atoms with E-state index in [1.54, 1.807) is 30.2 Å². The minimum Gasteiger partial charge on any atom is -0.392 e. The van der Waals surface area contributed by atoms with Crippen molar-refractivity contribution in [3.63, 3.8) is 0 Å². The average Bonchev–Trinajstić information content (AvgIpc) is 3.08. The van der Waals surface area contributed by atoms with Crippen LogP contribution >= 0.6 is 11.6 Å². The Kier molecular flexibility index (Phi) is 8.77. The molecule has 0 aliphatic carbocycles. The number of rotatable bonds is 6. The molecule has 0 saturated carbocycles. The van der Waals surface area contributed by atoms with Gasteiger partial charge in [0, 0.05) is 30.5 Å². The van der Waals surface area contributed by atoms with Crippen LogP contribution in [0.25, 0.3) is 22.2 Å². The van der Waals surface area contributed by atoms with Gasteiger partial charge in [0.15, 0.2) is 5.82 Å². The molecule has 1 amide bonds. The summed E-state index contributed by atoms with van der Waals surface area (Å²) >= 11 is 5.94. The Bertz CT molecular complexity index is 965. The van der Waals surface area contributed by atoms with E-state index in [9.17, 15) is 9.18 Å². The van der Waals surface area contributed by atoms with E-state index in [1.165, 1.54) is 6.20 Å². The highest BCUT2D eigenvalue weighted by Gasteiger charge is 2.15. The van der Waals surface area contributed by atoms with Crippen molar-refractivity contribution in [2.24, 2.45) is 11.7 Å². The standard InChI is InChI=1S/C13H8ClFN2.C9H20N2O2/c14-9-3-1-2-8(6-9)10-4-5-16-13-12(10)11(15)7-17-13;1-7(2)5-11(6-8(3)12)9(13)4-10/h1-7H,(H,16,17);7-8,12H,4-6,10H2,1-3H3. The Hall–Kier alpha value is -2.48. The molecule has 1 unspecified atom stereocenters. The van der Waals surface area contributed by atoms with Gasteiger partial charge >= 0.3 is 0 Å². The number of hydrogen-bond acceptors (Lipinski definition) is 4. The summed E-state index contributed by atoms with van der Waals surface area (Å²) in [6.45, 7) is 6.75. The molecule has 30 heavy (non-hydrogen) atoms. The van der Waals surface area contributed by atoms with E-state index in [0.717, 1.165) is 11.1 Å². The molecule has 0 aliphatic heterocycles. The van der Waals surface area contributed by atoms with E-state index in [4.69, 9.17) is 22.4 Å². The molecule has 4 N–H and O–H groups in total. The van der Waals surface area contributed by atoms with E-state index in [1.807, 2.05) is 32.0 Å². The second kappa shape index (κ2) is 11.1. The summed E-state index contributed by atoms with van der Waals surface area (Å²) in [4.78, 5) is 19.8. The summed E-state index contributed by atoms with van der Waals surface area (Å²) in [6.07, 6.45) is 2.47. The molecule has 6 nitrogen and oxygen atoms in total. The Morgan fingerprint density at radius 1 is 1.30 bits per heavy atom. The smallest absolute Gasteiger partial charge is 0.236 e. The van der Waals surface area contributed by atoms with Crippen molar-refractivity contribution in [1.29, 1.82) is 0 Å². The number of halogens is 2. The van der Waals surface area contributed by atoms with Gasteiger partial charge in [-0.3, -0.25) is 4.79 Å². The minimum atomic E-state index is -0.491. The first-order valence-corrected chi connectivity index (χ1v) is 10.1. The van der Waals surface area contributed by atoms with Crippen molar-refractivity contribution in [2.45, 2.75) is 26.9 Å². The van der Waals surface area contributed by atoms with Crippen LogP contribution in [0.3, 0.4) is 0 Å². The van der Waals surface area contributed by atoms with Crippen LogP contribution in [0.15, 0.2) is 42.7 Å². The fourth-order valence-corrected chi connectivity index (χ4v) is 3.27. The zero-order chi connectivity index (χ0) is 22.3. The van der Waals surface area contributed by atoms with Gasteiger partial charge in [0.1, 0.15) is 5.65 Å². The topological polar surface area (TPSA) is 95.2 Å². The summed E-state index contributed by atoms with van der Waals surface area (Å²) in [5.74, 6) is -0.00748. The predicted molar refractivity (Wildman–Crippen MR) is 119 cm³/mol. The third-order valence-corrected chi connectivity index (χ3v) is 4.49. The van der Waals surface area contributed by atoms with Crippen LogP contribution in [0.4, 0.5) is 4.39 Å². The monoisotopic (exact) mass is 434 g/mol. The maximum absolute atomic E-state index is 13.7. The fourth-order valence-electron chi connectivity index (χ4n) is 3.08. The molecule has 162 valence electrons. The van der Waals surface area contributed by atoms with Gasteiger partial charge in [0.25, 0.3) is 0 Å². The highest BCUT2D eigenvalue weighted by atomic mass is 35.5. The van der Waals surface area contributed by atoms with Gasteiger partial charge in [0.05, 0.1) is 18.0 Å². The lowest BCUT2D eigenvalue weighted by Gasteiger charge is -2.25. The third-order valence-electron chi connectivity index (χ3n) is 4.26. The van der Waals surface area contributed by atoms with Gasteiger partial charge in [0.2, 0.25) is 5.91 Å². The summed E-state index contributed by atoms with van der Waals surface area (Å²) in [5.41, 5.74) is 7.46. The SMILES string of the molecule is CC(C)CN(CC(C)O)C(=O)CN.Fc1c[nH]c2nccc(-c3cccc(Cl)c3)c12. The van der Waals surface area contributed by atoms with Crippen molar-refractivity contribution in [1.82, 2.24) is 14.9 Å². The van der Waals surface area contributed by atoms with E-state index < -0.39 is 6.10 Å². The first-order chi connectivity index (χ1) is 14.2. The van der Waals surface area contributed by atoms with Gasteiger partial charge < -0.3 is 20.7 Å². The molecule has 0 radical (unpaired) electrons. The van der Waals surface area contributed by atoms with Crippen LogP contribution in [0.5, 0.6) is 0 Å². The number of carbonyl (C=O) groups excluding carboxylic acids is 1. The molecular weight excluding hydrogens is 407 g/mol. The lowest BCUT2D eigenvalue weighted by molar-refractivity contribution is -0.131. The number of aliphatic hydroxyl groups excluding tert-OH is 1. The highest BCUT2D eigenvalue weighted by Crippen LogP contribution is 2.30. The largest absolute Gasteiger partial charge is 0.392 e. The summed E-state index contributed by atoms with van der Waals surface area (Å²) in [6, 6.07) is 9.12. The van der Waals surface area contributed by atoms with E-state index >= 15 is 0 Å². The molecule has 0 saturated heterocycles. The number of carbonyl (C=O) groups is 1. The summed E-state index contributed by atoms with van der Waals surface area (Å²) in [7, 11) is 0. The Morgan fingerprint density at radius 3 is 2.63 bits per heavy atom. The number of aliphatic hydroxyl groups is 1. The molecule has 1 aromatic carbocycles.